The number of rotatable bonds is 3. The van der Waals surface area contributed by atoms with Crippen LogP contribution in [0.25, 0.3) is 44.3 Å². The third kappa shape index (κ3) is 2.87. The number of aromatic nitrogens is 1. The van der Waals surface area contributed by atoms with E-state index in [2.05, 4.69) is 103 Å². The Hall–Kier alpha value is -3.71. The molecule has 1 nitrogen and oxygen atoms in total. The predicted octanol–water partition coefficient (Wildman–Crippen LogP) is 7.24. The van der Waals surface area contributed by atoms with E-state index >= 15 is 0 Å². The molecule has 0 aliphatic rings. The highest BCUT2D eigenvalue weighted by Crippen LogP contribution is 2.43. The Morgan fingerprint density at radius 1 is 0.500 bits per heavy atom. The number of pyridine rings is 1. The summed E-state index contributed by atoms with van der Waals surface area (Å²) < 4.78 is 0. The molecule has 0 atom stereocenters. The van der Waals surface area contributed by atoms with Crippen molar-refractivity contribution in [2.45, 2.75) is 0 Å². The molecule has 0 N–H and O–H groups in total. The van der Waals surface area contributed by atoms with Gasteiger partial charge in [-0.05, 0) is 51.2 Å². The first-order valence-electron chi connectivity index (χ1n) is 9.50. The van der Waals surface area contributed by atoms with Gasteiger partial charge in [0.15, 0.2) is 0 Å². The van der Waals surface area contributed by atoms with Gasteiger partial charge in [0.2, 0.25) is 0 Å². The second-order valence-electron chi connectivity index (χ2n) is 6.84. The first-order chi connectivity index (χ1) is 13.9. The highest BCUT2D eigenvalue weighted by molar-refractivity contribution is 6.09. The summed E-state index contributed by atoms with van der Waals surface area (Å²) in [5.41, 5.74) is 7.01. The van der Waals surface area contributed by atoms with Gasteiger partial charge in [0, 0.05) is 11.8 Å². The van der Waals surface area contributed by atoms with Crippen molar-refractivity contribution in [3.05, 3.63) is 115 Å². The number of nitrogens with zero attached hydrogens (tertiary/aromatic N) is 1. The van der Waals surface area contributed by atoms with Crippen LogP contribution in [0.5, 0.6) is 0 Å². The molecule has 0 saturated heterocycles. The van der Waals surface area contributed by atoms with Crippen LogP contribution in [0.1, 0.15) is 0 Å². The fourth-order valence-electron chi connectivity index (χ4n) is 3.87. The van der Waals surface area contributed by atoms with E-state index in [1.165, 1.54) is 38.6 Å². The highest BCUT2D eigenvalue weighted by Gasteiger charge is 2.18. The van der Waals surface area contributed by atoms with Crippen LogP contribution in [0.2, 0.25) is 0 Å². The number of benzene rings is 4. The van der Waals surface area contributed by atoms with Crippen LogP contribution in [-0.4, -0.2) is 4.98 Å². The minimum absolute atomic E-state index is 0.992. The molecule has 0 saturated carbocycles. The lowest BCUT2D eigenvalue weighted by atomic mass is 9.85. The monoisotopic (exact) mass is 357 g/mol. The van der Waals surface area contributed by atoms with Crippen LogP contribution < -0.4 is 0 Å². The summed E-state index contributed by atoms with van der Waals surface area (Å²) in [5, 5.41) is 2.48. The van der Waals surface area contributed by atoms with Crippen molar-refractivity contribution in [2.24, 2.45) is 0 Å². The molecule has 1 heteroatoms. The zero-order chi connectivity index (χ0) is 18.8. The minimum atomic E-state index is 0.992. The number of fused-ring (bicyclic) bond motifs is 1. The summed E-state index contributed by atoms with van der Waals surface area (Å²) in [5.74, 6) is 0. The van der Waals surface area contributed by atoms with Gasteiger partial charge in [0.05, 0.1) is 5.69 Å². The van der Waals surface area contributed by atoms with Crippen LogP contribution in [0.3, 0.4) is 0 Å². The molecule has 0 spiro atoms. The van der Waals surface area contributed by atoms with Gasteiger partial charge < -0.3 is 0 Å². The topological polar surface area (TPSA) is 12.9 Å². The molecule has 1 heterocycles. The van der Waals surface area contributed by atoms with Crippen molar-refractivity contribution >= 4 is 10.8 Å². The summed E-state index contributed by atoms with van der Waals surface area (Å²) >= 11 is 0. The average Bonchev–Trinajstić information content (AvgIpc) is 2.79. The SMILES string of the molecule is c1ccc(-c2cc3ccccc3c(-c3ccccc3)c2-c2ccccn2)cc1. The molecule has 0 radical (unpaired) electrons. The molecule has 0 aliphatic carbocycles. The standard InChI is InChI=1S/C27H19N/c1-3-11-20(12-4-1)24-19-22-15-7-8-16-23(22)26(21-13-5-2-6-14-21)27(24)25-17-9-10-18-28-25/h1-19H. The number of hydrogen-bond donors (Lipinski definition) is 0. The van der Waals surface area contributed by atoms with Gasteiger partial charge in [-0.2, -0.15) is 0 Å². The maximum absolute atomic E-state index is 4.73. The molecule has 1 aromatic heterocycles. The van der Waals surface area contributed by atoms with Crippen molar-refractivity contribution in [3.8, 4) is 33.5 Å². The molecule has 132 valence electrons. The van der Waals surface area contributed by atoms with Crippen molar-refractivity contribution < 1.29 is 0 Å². The first-order valence-corrected chi connectivity index (χ1v) is 9.50. The molecule has 28 heavy (non-hydrogen) atoms. The van der Waals surface area contributed by atoms with E-state index in [4.69, 9.17) is 4.98 Å². The van der Waals surface area contributed by atoms with E-state index in [0.717, 1.165) is 5.69 Å². The molecule has 0 fully saturated rings. The zero-order valence-corrected chi connectivity index (χ0v) is 15.4. The molecule has 0 unspecified atom stereocenters. The van der Waals surface area contributed by atoms with E-state index in [-0.39, 0.29) is 0 Å². The Balaban J connectivity index is 1.97. The predicted molar refractivity (Wildman–Crippen MR) is 118 cm³/mol. The number of hydrogen-bond acceptors (Lipinski definition) is 1. The van der Waals surface area contributed by atoms with Gasteiger partial charge in [0.25, 0.3) is 0 Å². The van der Waals surface area contributed by atoms with E-state index in [9.17, 15) is 0 Å². The molecule has 0 bridgehead atoms. The lowest BCUT2D eigenvalue weighted by Crippen LogP contribution is -1.94. The summed E-state index contributed by atoms with van der Waals surface area (Å²) in [7, 11) is 0. The maximum Gasteiger partial charge on any atom is 0.0714 e. The van der Waals surface area contributed by atoms with Gasteiger partial charge in [-0.25, -0.2) is 0 Å². The average molecular weight is 357 g/mol. The van der Waals surface area contributed by atoms with Gasteiger partial charge in [-0.3, -0.25) is 4.98 Å². The summed E-state index contributed by atoms with van der Waals surface area (Å²) in [6, 6.07) is 38.2. The third-order valence-corrected chi connectivity index (χ3v) is 5.12. The largest absolute Gasteiger partial charge is 0.256 e. The van der Waals surface area contributed by atoms with E-state index < -0.39 is 0 Å². The van der Waals surface area contributed by atoms with Gasteiger partial charge in [-0.15, -0.1) is 0 Å². The van der Waals surface area contributed by atoms with Crippen molar-refractivity contribution in [2.75, 3.05) is 0 Å². The fourth-order valence-corrected chi connectivity index (χ4v) is 3.87. The molecular formula is C27H19N. The maximum atomic E-state index is 4.73. The molecule has 0 amide bonds. The van der Waals surface area contributed by atoms with Crippen molar-refractivity contribution in [1.82, 2.24) is 4.98 Å². The molecule has 5 rings (SSSR count). The van der Waals surface area contributed by atoms with E-state index in [1.54, 1.807) is 0 Å². The Morgan fingerprint density at radius 2 is 1.14 bits per heavy atom. The zero-order valence-electron chi connectivity index (χ0n) is 15.4. The van der Waals surface area contributed by atoms with Crippen LogP contribution in [-0.2, 0) is 0 Å². The summed E-state index contributed by atoms with van der Waals surface area (Å²) in [4.78, 5) is 4.73. The smallest absolute Gasteiger partial charge is 0.0714 e. The quantitative estimate of drug-likeness (QED) is 0.332. The Bertz CT molecular complexity index is 1230. The fraction of sp³-hybridized carbons (Fsp3) is 0. The molecular weight excluding hydrogens is 338 g/mol. The van der Waals surface area contributed by atoms with Gasteiger partial charge in [0.1, 0.15) is 0 Å². The molecule has 5 aromatic rings. The lowest BCUT2D eigenvalue weighted by Gasteiger charge is -2.18. The van der Waals surface area contributed by atoms with Crippen molar-refractivity contribution in [3.63, 3.8) is 0 Å². The van der Waals surface area contributed by atoms with Crippen LogP contribution in [0, 0.1) is 0 Å². The Kier molecular flexibility index (Phi) is 4.19. The molecule has 4 aromatic carbocycles. The summed E-state index contributed by atoms with van der Waals surface area (Å²) in [6.07, 6.45) is 1.87. The summed E-state index contributed by atoms with van der Waals surface area (Å²) in [6.45, 7) is 0. The second kappa shape index (κ2) is 7.13. The normalized spacial score (nSPS) is 10.9. The first kappa shape index (κ1) is 16.5. The van der Waals surface area contributed by atoms with Crippen molar-refractivity contribution in [1.29, 1.82) is 0 Å². The van der Waals surface area contributed by atoms with Gasteiger partial charge in [-0.1, -0.05) is 91.0 Å². The second-order valence-corrected chi connectivity index (χ2v) is 6.84. The van der Waals surface area contributed by atoms with E-state index in [1.807, 2.05) is 12.3 Å². The van der Waals surface area contributed by atoms with E-state index in [0.29, 0.717) is 0 Å². The lowest BCUT2D eigenvalue weighted by molar-refractivity contribution is 1.33. The van der Waals surface area contributed by atoms with Crippen LogP contribution >= 0.6 is 0 Å². The Morgan fingerprint density at radius 3 is 1.86 bits per heavy atom. The molecule has 0 aliphatic heterocycles. The third-order valence-electron chi connectivity index (χ3n) is 5.12. The van der Waals surface area contributed by atoms with Gasteiger partial charge >= 0.3 is 0 Å². The minimum Gasteiger partial charge on any atom is -0.256 e. The van der Waals surface area contributed by atoms with Crippen LogP contribution in [0.4, 0.5) is 0 Å². The highest BCUT2D eigenvalue weighted by atomic mass is 14.7. The Labute approximate surface area is 165 Å². The van der Waals surface area contributed by atoms with Crippen LogP contribution in [0.15, 0.2) is 115 Å².